The van der Waals surface area contributed by atoms with Crippen LogP contribution in [0.5, 0.6) is 5.75 Å². The number of benzene rings is 2. The van der Waals surface area contributed by atoms with Crippen LogP contribution >= 0.6 is 0 Å². The van der Waals surface area contributed by atoms with Gasteiger partial charge in [-0.25, -0.2) is 0 Å². The molecule has 2 aromatic rings. The van der Waals surface area contributed by atoms with Gasteiger partial charge in [0.15, 0.2) is 0 Å². The van der Waals surface area contributed by atoms with Gasteiger partial charge >= 0.3 is 0 Å². The number of nitrogens with two attached hydrogens (primary N) is 1. The molecular formula is C27H34N4O2. The zero-order valence-corrected chi connectivity index (χ0v) is 19.2. The van der Waals surface area contributed by atoms with E-state index in [4.69, 9.17) is 10.7 Å². The topological polar surface area (TPSA) is 91.0 Å². The highest BCUT2D eigenvalue weighted by Crippen LogP contribution is 2.27. The van der Waals surface area contributed by atoms with Crippen molar-refractivity contribution in [3.63, 3.8) is 0 Å². The van der Waals surface area contributed by atoms with E-state index < -0.39 is 0 Å². The number of hydrogen-bond acceptors (Lipinski definition) is 5. The van der Waals surface area contributed by atoms with Crippen LogP contribution in [0.4, 0.5) is 5.69 Å². The van der Waals surface area contributed by atoms with Crippen molar-refractivity contribution in [3.05, 3.63) is 71.4 Å². The lowest BCUT2D eigenvalue weighted by atomic mass is 9.86. The van der Waals surface area contributed by atoms with Crippen LogP contribution in [0.25, 0.3) is 0 Å². The summed E-state index contributed by atoms with van der Waals surface area (Å²) in [5, 5.41) is 13.1. The van der Waals surface area contributed by atoms with Crippen molar-refractivity contribution in [1.82, 2.24) is 10.2 Å². The molecule has 174 valence electrons. The molecule has 4 rings (SSSR count). The lowest BCUT2D eigenvalue weighted by Gasteiger charge is -2.31. The first kappa shape index (κ1) is 23.1. The number of likely N-dealkylation sites (tertiary alicyclic amines) is 1. The maximum atomic E-state index is 13.2. The van der Waals surface area contributed by atoms with Crippen molar-refractivity contribution in [2.24, 2.45) is 10.7 Å². The molecule has 2 aromatic carbocycles. The van der Waals surface area contributed by atoms with E-state index in [1.165, 1.54) is 12.0 Å². The maximum Gasteiger partial charge on any atom is 0.270 e. The molecule has 0 aromatic heterocycles. The Labute approximate surface area is 196 Å². The van der Waals surface area contributed by atoms with Gasteiger partial charge in [-0.3, -0.25) is 9.79 Å². The summed E-state index contributed by atoms with van der Waals surface area (Å²) in [5.41, 5.74) is 10.8. The van der Waals surface area contributed by atoms with Crippen molar-refractivity contribution in [2.75, 3.05) is 19.6 Å². The third-order valence-electron chi connectivity index (χ3n) is 6.53. The molecule has 6 nitrogen and oxygen atoms in total. The second-order valence-electron chi connectivity index (χ2n) is 8.95. The van der Waals surface area contributed by atoms with Gasteiger partial charge in [-0.2, -0.15) is 0 Å². The molecule has 1 atom stereocenters. The van der Waals surface area contributed by atoms with Gasteiger partial charge in [-0.15, -0.1) is 0 Å². The number of carbonyl (C=O) groups excluding carboxylic acids is 1. The quantitative estimate of drug-likeness (QED) is 0.583. The summed E-state index contributed by atoms with van der Waals surface area (Å²) in [6, 6.07) is 17.5. The zero-order chi connectivity index (χ0) is 23.0. The minimum Gasteiger partial charge on any atom is -0.508 e. The number of aliphatic imine (C=N–C) groups is 1. The summed E-state index contributed by atoms with van der Waals surface area (Å²) < 4.78 is 0. The number of piperidine rings is 1. The number of amides is 1. The summed E-state index contributed by atoms with van der Waals surface area (Å²) in [6.07, 6.45) is 6.58. The van der Waals surface area contributed by atoms with Crippen molar-refractivity contribution < 1.29 is 9.90 Å². The van der Waals surface area contributed by atoms with E-state index in [2.05, 4.69) is 5.32 Å². The van der Waals surface area contributed by atoms with Gasteiger partial charge in [-0.05, 0) is 81.3 Å². The number of phenols is 1. The summed E-state index contributed by atoms with van der Waals surface area (Å²) in [5.74, 6) is 0.239. The average molecular weight is 447 g/mol. The van der Waals surface area contributed by atoms with Gasteiger partial charge in [0.25, 0.3) is 5.91 Å². The van der Waals surface area contributed by atoms with E-state index in [-0.39, 0.29) is 17.7 Å². The molecule has 1 aliphatic carbocycles. The highest BCUT2D eigenvalue weighted by Gasteiger charge is 2.28. The molecule has 2 fully saturated rings. The molecule has 0 spiro atoms. The summed E-state index contributed by atoms with van der Waals surface area (Å²) in [6.45, 7) is 2.40. The molecule has 33 heavy (non-hydrogen) atoms. The van der Waals surface area contributed by atoms with Crippen LogP contribution in [0.15, 0.2) is 70.9 Å². The first-order chi connectivity index (χ1) is 16.1. The fraction of sp³-hybridized carbons (Fsp3) is 0.407. The van der Waals surface area contributed by atoms with E-state index in [1.54, 1.807) is 12.1 Å². The first-order valence-corrected chi connectivity index (χ1v) is 12.0. The van der Waals surface area contributed by atoms with E-state index in [0.29, 0.717) is 12.1 Å². The molecule has 1 unspecified atom stereocenters. The van der Waals surface area contributed by atoms with Gasteiger partial charge in [0, 0.05) is 30.4 Å². The van der Waals surface area contributed by atoms with Crippen molar-refractivity contribution in [1.29, 1.82) is 0 Å². The van der Waals surface area contributed by atoms with Crippen LogP contribution < -0.4 is 11.1 Å². The van der Waals surface area contributed by atoms with Gasteiger partial charge < -0.3 is 21.1 Å². The Hall–Kier alpha value is -3.12. The fourth-order valence-electron chi connectivity index (χ4n) is 4.63. The Morgan fingerprint density at radius 2 is 1.79 bits per heavy atom. The Balaban J connectivity index is 1.49. The number of phenolic OH excluding ortho intramolecular Hbond substituents is 1. The lowest BCUT2D eigenvalue weighted by molar-refractivity contribution is -0.128. The van der Waals surface area contributed by atoms with Crippen LogP contribution in [-0.2, 0) is 11.2 Å². The van der Waals surface area contributed by atoms with E-state index in [1.807, 2.05) is 47.4 Å². The summed E-state index contributed by atoms with van der Waals surface area (Å²) in [7, 11) is 0. The Morgan fingerprint density at radius 1 is 1.06 bits per heavy atom. The predicted octanol–water partition coefficient (Wildman–Crippen LogP) is 4.07. The van der Waals surface area contributed by atoms with E-state index in [0.717, 1.165) is 68.7 Å². The molecule has 2 aliphatic rings. The number of carbonyl (C=O) groups is 1. The fourth-order valence-corrected chi connectivity index (χ4v) is 4.63. The summed E-state index contributed by atoms with van der Waals surface area (Å²) >= 11 is 0. The van der Waals surface area contributed by atoms with Gasteiger partial charge in [0.2, 0.25) is 0 Å². The van der Waals surface area contributed by atoms with Crippen LogP contribution in [-0.4, -0.2) is 47.3 Å². The number of rotatable bonds is 6. The smallest absolute Gasteiger partial charge is 0.270 e. The standard InChI is InChI=1S/C27H34N4O2/c28-26(27(33)31-17-5-2-6-18-31)24-19-22(29-16-15-20-9-12-23(32)13-10-20)11-14-25(24)30-21-7-3-1-4-8-21/h1,3-4,7-10,12-13,22,29,32H,2,5-6,11,14-19,28H2/b26-24-,30-25?. The minimum atomic E-state index is -0.0461. The monoisotopic (exact) mass is 446 g/mol. The molecule has 1 aliphatic heterocycles. The third kappa shape index (κ3) is 6.23. The van der Waals surface area contributed by atoms with E-state index in [9.17, 15) is 9.90 Å². The molecule has 1 saturated heterocycles. The zero-order valence-electron chi connectivity index (χ0n) is 19.2. The number of hydrogen-bond donors (Lipinski definition) is 3. The molecule has 0 bridgehead atoms. The Kier molecular flexibility index (Phi) is 7.79. The number of nitrogens with one attached hydrogen (secondary N) is 1. The summed E-state index contributed by atoms with van der Waals surface area (Å²) in [4.78, 5) is 19.9. The predicted molar refractivity (Wildman–Crippen MR) is 133 cm³/mol. The Morgan fingerprint density at radius 3 is 2.52 bits per heavy atom. The molecule has 0 radical (unpaired) electrons. The van der Waals surface area contributed by atoms with Gasteiger partial charge in [0.1, 0.15) is 11.4 Å². The third-order valence-corrected chi connectivity index (χ3v) is 6.53. The molecular weight excluding hydrogens is 412 g/mol. The molecule has 1 heterocycles. The number of nitrogens with zero attached hydrogens (tertiary/aromatic N) is 2. The largest absolute Gasteiger partial charge is 0.508 e. The second-order valence-corrected chi connectivity index (χ2v) is 8.95. The lowest BCUT2D eigenvalue weighted by Crippen LogP contribution is -2.41. The SMILES string of the molecule is N/C(C(=O)N1CCCCC1)=C1/CC(NCCc2ccc(O)cc2)CCC1=Nc1ccccc1. The van der Waals surface area contributed by atoms with Gasteiger partial charge in [-0.1, -0.05) is 30.3 Å². The van der Waals surface area contributed by atoms with Crippen molar-refractivity contribution >= 4 is 17.3 Å². The molecule has 6 heteroatoms. The number of aromatic hydroxyl groups is 1. The minimum absolute atomic E-state index is 0.0461. The van der Waals surface area contributed by atoms with Crippen LogP contribution in [0.3, 0.4) is 0 Å². The van der Waals surface area contributed by atoms with Crippen molar-refractivity contribution in [2.45, 2.75) is 51.0 Å². The van der Waals surface area contributed by atoms with Gasteiger partial charge in [0.05, 0.1) is 5.69 Å². The normalized spacial score (nSPS) is 21.8. The maximum absolute atomic E-state index is 13.2. The molecule has 1 saturated carbocycles. The average Bonchev–Trinajstić information content (AvgIpc) is 2.86. The highest BCUT2D eigenvalue weighted by molar-refractivity contribution is 6.09. The van der Waals surface area contributed by atoms with Crippen LogP contribution in [0.2, 0.25) is 0 Å². The second kappa shape index (κ2) is 11.1. The van der Waals surface area contributed by atoms with Crippen molar-refractivity contribution in [3.8, 4) is 5.75 Å². The van der Waals surface area contributed by atoms with E-state index >= 15 is 0 Å². The first-order valence-electron chi connectivity index (χ1n) is 12.0. The van der Waals surface area contributed by atoms with Crippen LogP contribution in [0.1, 0.15) is 44.1 Å². The highest BCUT2D eigenvalue weighted by atomic mass is 16.3. The number of para-hydroxylation sites is 1. The molecule has 1 amide bonds. The van der Waals surface area contributed by atoms with Crippen LogP contribution in [0, 0.1) is 0 Å². The molecule has 4 N–H and O–H groups in total. The Bertz CT molecular complexity index is 993.